The molecule has 0 heterocycles. The van der Waals surface area contributed by atoms with Gasteiger partial charge in [-0.1, -0.05) is 57.3 Å². The molecule has 0 aromatic rings. The zero-order chi connectivity index (χ0) is 12.1. The number of hydrogen-bond donors (Lipinski definition) is 0. The van der Waals surface area contributed by atoms with Crippen LogP contribution in [0, 0.1) is 29.6 Å². The highest BCUT2D eigenvalue weighted by Gasteiger charge is 2.35. The predicted molar refractivity (Wildman–Crippen MR) is 74.7 cm³/mol. The zero-order valence-electron chi connectivity index (χ0n) is 11.5. The van der Waals surface area contributed by atoms with Gasteiger partial charge in [0.05, 0.1) is 0 Å². The average Bonchev–Trinajstić information content (AvgIpc) is 2.41. The molecule has 2 rings (SSSR count). The van der Waals surface area contributed by atoms with Crippen LogP contribution in [-0.4, -0.2) is 0 Å². The predicted octanol–water partition coefficient (Wildman–Crippen LogP) is 5.18. The fraction of sp³-hybridized carbons (Fsp3) is 0.882. The van der Waals surface area contributed by atoms with Crippen LogP contribution >= 0.6 is 0 Å². The highest BCUT2D eigenvalue weighted by atomic mass is 14.4. The van der Waals surface area contributed by atoms with Crippen molar-refractivity contribution in [3.63, 3.8) is 0 Å². The van der Waals surface area contributed by atoms with Crippen LogP contribution in [0.1, 0.15) is 77.6 Å². The minimum atomic E-state index is 0.197. The normalized spacial score (nSPS) is 27.3. The molecule has 0 nitrogen and oxygen atoms in total. The number of hydrogen-bond acceptors (Lipinski definition) is 0. The van der Waals surface area contributed by atoms with Gasteiger partial charge in [-0.05, 0) is 38.0 Å². The third-order valence-electron chi connectivity index (χ3n) is 5.27. The lowest BCUT2D eigenvalue weighted by Crippen LogP contribution is -2.30. The van der Waals surface area contributed by atoms with Crippen LogP contribution in [-0.2, 0) is 0 Å². The standard InChI is InChI=1S/C17H28/c1-3-17(2,16-12-8-5-9-13-16)14-15-10-6-4-7-11-15/h1,15-16H,4-14H2,2H3. The molecule has 0 aliphatic heterocycles. The number of terminal acetylenes is 1. The monoisotopic (exact) mass is 232 g/mol. The summed E-state index contributed by atoms with van der Waals surface area (Å²) in [5.41, 5.74) is 0.197. The molecule has 0 spiro atoms. The molecule has 0 aromatic carbocycles. The summed E-state index contributed by atoms with van der Waals surface area (Å²) in [6, 6.07) is 0. The molecule has 0 bridgehead atoms. The van der Waals surface area contributed by atoms with Crippen molar-refractivity contribution < 1.29 is 0 Å². The van der Waals surface area contributed by atoms with Gasteiger partial charge in [0, 0.05) is 5.41 Å². The van der Waals surface area contributed by atoms with Crippen molar-refractivity contribution in [2.45, 2.75) is 77.6 Å². The Hall–Kier alpha value is -0.440. The van der Waals surface area contributed by atoms with Crippen molar-refractivity contribution in [1.29, 1.82) is 0 Å². The van der Waals surface area contributed by atoms with E-state index >= 15 is 0 Å². The Bertz CT molecular complexity index is 260. The third-order valence-corrected chi connectivity index (χ3v) is 5.27. The topological polar surface area (TPSA) is 0 Å². The SMILES string of the molecule is C#CC(C)(CC1CCCCC1)C1CCCCC1. The molecule has 0 aromatic heterocycles. The number of rotatable bonds is 3. The van der Waals surface area contributed by atoms with Crippen molar-refractivity contribution in [1.82, 2.24) is 0 Å². The van der Waals surface area contributed by atoms with E-state index in [1.165, 1.54) is 70.6 Å². The van der Waals surface area contributed by atoms with Gasteiger partial charge in [-0.15, -0.1) is 6.42 Å². The van der Waals surface area contributed by atoms with E-state index in [9.17, 15) is 0 Å². The molecule has 17 heavy (non-hydrogen) atoms. The van der Waals surface area contributed by atoms with E-state index in [4.69, 9.17) is 6.42 Å². The Morgan fingerprint density at radius 1 is 0.941 bits per heavy atom. The van der Waals surface area contributed by atoms with Gasteiger partial charge >= 0.3 is 0 Å². The van der Waals surface area contributed by atoms with Crippen LogP contribution in [0.3, 0.4) is 0 Å². The molecular formula is C17H28. The van der Waals surface area contributed by atoms with Crippen molar-refractivity contribution in [2.75, 3.05) is 0 Å². The van der Waals surface area contributed by atoms with Crippen LogP contribution in [0.2, 0.25) is 0 Å². The summed E-state index contributed by atoms with van der Waals surface area (Å²) in [6.07, 6.45) is 21.4. The highest BCUT2D eigenvalue weighted by Crippen LogP contribution is 2.44. The average molecular weight is 232 g/mol. The molecule has 1 unspecified atom stereocenters. The lowest BCUT2D eigenvalue weighted by molar-refractivity contribution is 0.147. The lowest BCUT2D eigenvalue weighted by atomic mass is 9.65. The minimum Gasteiger partial charge on any atom is -0.120 e. The maximum absolute atomic E-state index is 5.91. The van der Waals surface area contributed by atoms with Gasteiger partial charge in [0.15, 0.2) is 0 Å². The summed E-state index contributed by atoms with van der Waals surface area (Å²) in [5, 5.41) is 0. The van der Waals surface area contributed by atoms with Crippen LogP contribution < -0.4 is 0 Å². The molecule has 2 aliphatic rings. The first-order valence-corrected chi connectivity index (χ1v) is 7.72. The third kappa shape index (κ3) is 3.27. The molecule has 0 N–H and O–H groups in total. The van der Waals surface area contributed by atoms with E-state index < -0.39 is 0 Å². The fourth-order valence-electron chi connectivity index (χ4n) is 4.07. The Labute approximate surface area is 108 Å². The first-order valence-electron chi connectivity index (χ1n) is 7.72. The first-order chi connectivity index (χ1) is 8.24. The summed E-state index contributed by atoms with van der Waals surface area (Å²) in [6.45, 7) is 2.37. The molecule has 0 radical (unpaired) electrons. The van der Waals surface area contributed by atoms with Crippen LogP contribution in [0.4, 0.5) is 0 Å². The first kappa shape index (κ1) is 13.0. The van der Waals surface area contributed by atoms with Gasteiger partial charge in [0.25, 0.3) is 0 Å². The molecule has 96 valence electrons. The molecule has 2 aliphatic carbocycles. The quantitative estimate of drug-likeness (QED) is 0.588. The summed E-state index contributed by atoms with van der Waals surface area (Å²) < 4.78 is 0. The summed E-state index contributed by atoms with van der Waals surface area (Å²) in [5.74, 6) is 4.93. The second-order valence-electron chi connectivity index (χ2n) is 6.60. The summed E-state index contributed by atoms with van der Waals surface area (Å²) >= 11 is 0. The van der Waals surface area contributed by atoms with E-state index in [1.807, 2.05) is 0 Å². The van der Waals surface area contributed by atoms with Gasteiger partial charge in [0.2, 0.25) is 0 Å². The van der Waals surface area contributed by atoms with Crippen LogP contribution in [0.15, 0.2) is 0 Å². The molecule has 1 atom stereocenters. The summed E-state index contributed by atoms with van der Waals surface area (Å²) in [7, 11) is 0. The van der Waals surface area contributed by atoms with Crippen molar-refractivity contribution in [2.24, 2.45) is 17.3 Å². The maximum Gasteiger partial charge on any atom is 0.0314 e. The van der Waals surface area contributed by atoms with E-state index in [1.54, 1.807) is 0 Å². The molecule has 2 saturated carbocycles. The maximum atomic E-state index is 5.91. The van der Waals surface area contributed by atoms with Gasteiger partial charge in [-0.25, -0.2) is 0 Å². The molecule has 2 fully saturated rings. The van der Waals surface area contributed by atoms with Gasteiger partial charge in [0.1, 0.15) is 0 Å². The molecule has 0 amide bonds. The Balaban J connectivity index is 1.94. The Kier molecular flexibility index (Phi) is 4.55. The van der Waals surface area contributed by atoms with Gasteiger partial charge < -0.3 is 0 Å². The van der Waals surface area contributed by atoms with Crippen LogP contribution in [0.5, 0.6) is 0 Å². The Morgan fingerprint density at radius 3 is 2.00 bits per heavy atom. The van der Waals surface area contributed by atoms with E-state index in [0.29, 0.717) is 0 Å². The van der Waals surface area contributed by atoms with Crippen molar-refractivity contribution >= 4 is 0 Å². The second-order valence-corrected chi connectivity index (χ2v) is 6.60. The smallest absolute Gasteiger partial charge is 0.0314 e. The fourth-order valence-corrected chi connectivity index (χ4v) is 4.07. The summed E-state index contributed by atoms with van der Waals surface area (Å²) in [4.78, 5) is 0. The van der Waals surface area contributed by atoms with E-state index in [0.717, 1.165) is 11.8 Å². The Morgan fingerprint density at radius 2 is 1.47 bits per heavy atom. The molecular weight excluding hydrogens is 204 g/mol. The minimum absolute atomic E-state index is 0.197. The molecule has 0 saturated heterocycles. The van der Waals surface area contributed by atoms with E-state index in [-0.39, 0.29) is 5.41 Å². The van der Waals surface area contributed by atoms with E-state index in [2.05, 4.69) is 12.8 Å². The van der Waals surface area contributed by atoms with Gasteiger partial charge in [-0.2, -0.15) is 0 Å². The second kappa shape index (κ2) is 5.94. The molecule has 0 heteroatoms. The lowest BCUT2D eigenvalue weighted by Gasteiger charge is -2.39. The van der Waals surface area contributed by atoms with Crippen molar-refractivity contribution in [3.05, 3.63) is 0 Å². The van der Waals surface area contributed by atoms with Crippen LogP contribution in [0.25, 0.3) is 0 Å². The highest BCUT2D eigenvalue weighted by molar-refractivity contribution is 5.07. The van der Waals surface area contributed by atoms with Gasteiger partial charge in [-0.3, -0.25) is 0 Å². The largest absolute Gasteiger partial charge is 0.120 e. The zero-order valence-corrected chi connectivity index (χ0v) is 11.5. The van der Waals surface area contributed by atoms with Crippen molar-refractivity contribution in [3.8, 4) is 12.3 Å².